The lowest BCUT2D eigenvalue weighted by Crippen LogP contribution is -2.54. The molecule has 30 heavy (non-hydrogen) atoms. The van der Waals surface area contributed by atoms with E-state index in [1.807, 2.05) is 19.3 Å². The zero-order valence-electron chi connectivity index (χ0n) is 17.8. The predicted molar refractivity (Wildman–Crippen MR) is 135 cm³/mol. The fourth-order valence-corrected chi connectivity index (χ4v) is 4.38. The molecule has 1 aromatic carbocycles. The molecule has 2 fully saturated rings. The Morgan fingerprint density at radius 1 is 1.03 bits per heavy atom. The number of nitrogens with one attached hydrogen (secondary N) is 1. The minimum Gasteiger partial charge on any atom is -0.355 e. The first-order valence-electron chi connectivity index (χ1n) is 10.7. The van der Waals surface area contributed by atoms with Crippen LogP contribution in [0, 0.1) is 0 Å². The van der Waals surface area contributed by atoms with E-state index in [0.717, 1.165) is 51.0 Å². The summed E-state index contributed by atoms with van der Waals surface area (Å²) in [5.74, 6) is 2.09. The van der Waals surface area contributed by atoms with Gasteiger partial charge in [-0.1, -0.05) is 36.4 Å². The summed E-state index contributed by atoms with van der Waals surface area (Å²) in [4.78, 5) is 16.4. The van der Waals surface area contributed by atoms with Gasteiger partial charge in [-0.05, 0) is 37.1 Å². The van der Waals surface area contributed by atoms with Crippen LogP contribution in [-0.4, -0.2) is 73.1 Å². The SMILES string of the molecule is CN=C(NCC1CCCN1Cc1ccccc1)N1CCN(c2ccccn2)CC1.I. The van der Waals surface area contributed by atoms with Crippen LogP contribution in [0.3, 0.4) is 0 Å². The number of aromatic nitrogens is 1. The monoisotopic (exact) mass is 520 g/mol. The molecule has 2 aliphatic rings. The maximum Gasteiger partial charge on any atom is 0.193 e. The van der Waals surface area contributed by atoms with E-state index in [9.17, 15) is 0 Å². The molecule has 0 aliphatic carbocycles. The van der Waals surface area contributed by atoms with Gasteiger partial charge in [0.15, 0.2) is 5.96 Å². The van der Waals surface area contributed by atoms with Crippen LogP contribution in [0.25, 0.3) is 0 Å². The van der Waals surface area contributed by atoms with Crippen LogP contribution >= 0.6 is 24.0 Å². The molecule has 7 heteroatoms. The number of piperazine rings is 1. The minimum atomic E-state index is 0. The van der Waals surface area contributed by atoms with Crippen molar-refractivity contribution in [2.24, 2.45) is 4.99 Å². The molecule has 162 valence electrons. The van der Waals surface area contributed by atoms with Crippen molar-refractivity contribution in [3.8, 4) is 0 Å². The first-order chi connectivity index (χ1) is 14.3. The third-order valence-corrected chi connectivity index (χ3v) is 5.99. The molecule has 0 saturated carbocycles. The lowest BCUT2D eigenvalue weighted by atomic mass is 10.2. The summed E-state index contributed by atoms with van der Waals surface area (Å²) in [5, 5.41) is 3.65. The Labute approximate surface area is 197 Å². The van der Waals surface area contributed by atoms with E-state index in [1.165, 1.54) is 24.9 Å². The van der Waals surface area contributed by atoms with Gasteiger partial charge in [0, 0.05) is 58.6 Å². The van der Waals surface area contributed by atoms with E-state index in [1.54, 1.807) is 0 Å². The van der Waals surface area contributed by atoms with E-state index in [-0.39, 0.29) is 24.0 Å². The predicted octanol–water partition coefficient (Wildman–Crippen LogP) is 3.06. The smallest absolute Gasteiger partial charge is 0.193 e. The van der Waals surface area contributed by atoms with Crippen molar-refractivity contribution >= 4 is 35.8 Å². The fourth-order valence-electron chi connectivity index (χ4n) is 4.38. The number of guanidine groups is 1. The number of halogens is 1. The summed E-state index contributed by atoms with van der Waals surface area (Å²) < 4.78 is 0. The van der Waals surface area contributed by atoms with Crippen molar-refractivity contribution in [3.05, 3.63) is 60.3 Å². The summed E-state index contributed by atoms with van der Waals surface area (Å²) in [5.41, 5.74) is 1.40. The number of anilines is 1. The molecule has 1 atom stereocenters. The van der Waals surface area contributed by atoms with Gasteiger partial charge in [-0.3, -0.25) is 9.89 Å². The molecule has 2 aliphatic heterocycles. The average molecular weight is 520 g/mol. The number of benzene rings is 1. The minimum absolute atomic E-state index is 0. The number of hydrogen-bond acceptors (Lipinski definition) is 4. The molecule has 1 N–H and O–H groups in total. The highest BCUT2D eigenvalue weighted by Gasteiger charge is 2.26. The van der Waals surface area contributed by atoms with Gasteiger partial charge in [-0.15, -0.1) is 24.0 Å². The zero-order chi connectivity index (χ0) is 19.9. The van der Waals surface area contributed by atoms with Crippen molar-refractivity contribution in [2.45, 2.75) is 25.4 Å². The van der Waals surface area contributed by atoms with Crippen LogP contribution in [0.5, 0.6) is 0 Å². The lowest BCUT2D eigenvalue weighted by Gasteiger charge is -2.37. The van der Waals surface area contributed by atoms with Gasteiger partial charge in [0.2, 0.25) is 0 Å². The van der Waals surface area contributed by atoms with Gasteiger partial charge in [0.05, 0.1) is 0 Å². The third-order valence-electron chi connectivity index (χ3n) is 5.99. The molecule has 2 saturated heterocycles. The Kier molecular flexibility index (Phi) is 8.74. The van der Waals surface area contributed by atoms with Crippen molar-refractivity contribution in [3.63, 3.8) is 0 Å². The van der Waals surface area contributed by atoms with Crippen molar-refractivity contribution in [2.75, 3.05) is 51.2 Å². The summed E-state index contributed by atoms with van der Waals surface area (Å²) in [6.45, 7) is 7.06. The molecule has 6 nitrogen and oxygen atoms in total. The molecule has 0 spiro atoms. The van der Waals surface area contributed by atoms with Crippen LogP contribution in [0.1, 0.15) is 18.4 Å². The molecule has 0 bridgehead atoms. The highest BCUT2D eigenvalue weighted by molar-refractivity contribution is 14.0. The number of nitrogens with zero attached hydrogens (tertiary/aromatic N) is 5. The second-order valence-corrected chi connectivity index (χ2v) is 7.84. The second-order valence-electron chi connectivity index (χ2n) is 7.84. The van der Waals surface area contributed by atoms with Crippen LogP contribution in [-0.2, 0) is 6.54 Å². The van der Waals surface area contributed by atoms with Crippen LogP contribution < -0.4 is 10.2 Å². The second kappa shape index (κ2) is 11.5. The lowest BCUT2D eigenvalue weighted by molar-refractivity contribution is 0.243. The van der Waals surface area contributed by atoms with Crippen LogP contribution in [0.2, 0.25) is 0 Å². The van der Waals surface area contributed by atoms with Gasteiger partial charge >= 0.3 is 0 Å². The molecule has 4 rings (SSSR count). The van der Waals surface area contributed by atoms with E-state index in [0.29, 0.717) is 6.04 Å². The van der Waals surface area contributed by atoms with Crippen molar-refractivity contribution in [1.29, 1.82) is 0 Å². The number of pyridine rings is 1. The molecule has 2 aromatic rings. The Hall–Kier alpha value is -1.87. The highest BCUT2D eigenvalue weighted by Crippen LogP contribution is 2.20. The third kappa shape index (κ3) is 5.85. The fraction of sp³-hybridized carbons (Fsp3) is 0.478. The topological polar surface area (TPSA) is 47.0 Å². The van der Waals surface area contributed by atoms with Crippen LogP contribution in [0.15, 0.2) is 59.7 Å². The Morgan fingerprint density at radius 2 is 1.80 bits per heavy atom. The van der Waals surface area contributed by atoms with Gasteiger partial charge in [-0.25, -0.2) is 4.98 Å². The largest absolute Gasteiger partial charge is 0.355 e. The van der Waals surface area contributed by atoms with Gasteiger partial charge < -0.3 is 15.1 Å². The molecule has 1 unspecified atom stereocenters. The average Bonchev–Trinajstić information content (AvgIpc) is 3.23. The molecular formula is C23H33IN6. The standard InChI is InChI=1S/C23H32N6.HI/c1-24-23(28-16-14-27(15-17-28)22-11-5-6-12-25-22)26-18-21-10-7-13-29(21)19-20-8-3-2-4-9-20;/h2-6,8-9,11-12,21H,7,10,13-19H2,1H3,(H,24,26);1H. The van der Waals surface area contributed by atoms with E-state index in [2.05, 4.69) is 72.5 Å². The summed E-state index contributed by atoms with van der Waals surface area (Å²) >= 11 is 0. The van der Waals surface area contributed by atoms with Crippen molar-refractivity contribution < 1.29 is 0 Å². The first-order valence-corrected chi connectivity index (χ1v) is 10.7. The van der Waals surface area contributed by atoms with Gasteiger partial charge in [0.25, 0.3) is 0 Å². The van der Waals surface area contributed by atoms with Gasteiger partial charge in [-0.2, -0.15) is 0 Å². The van der Waals surface area contributed by atoms with Crippen LogP contribution in [0.4, 0.5) is 5.82 Å². The molecule has 0 amide bonds. The molecule has 0 radical (unpaired) electrons. The Balaban J connectivity index is 0.00000256. The number of rotatable bonds is 5. The summed E-state index contributed by atoms with van der Waals surface area (Å²) in [6.07, 6.45) is 4.40. The van der Waals surface area contributed by atoms with Crippen molar-refractivity contribution in [1.82, 2.24) is 20.1 Å². The highest BCUT2D eigenvalue weighted by atomic mass is 127. The normalized spacial score (nSPS) is 20.2. The number of aliphatic imine (C=N–C) groups is 1. The Morgan fingerprint density at radius 3 is 2.50 bits per heavy atom. The molecule has 3 heterocycles. The van der Waals surface area contributed by atoms with Gasteiger partial charge in [0.1, 0.15) is 5.82 Å². The zero-order valence-corrected chi connectivity index (χ0v) is 20.1. The number of likely N-dealkylation sites (tertiary alicyclic amines) is 1. The molecular weight excluding hydrogens is 487 g/mol. The van der Waals surface area contributed by atoms with E-state index >= 15 is 0 Å². The Bertz CT molecular complexity index is 777. The maximum absolute atomic E-state index is 4.56. The number of hydrogen-bond donors (Lipinski definition) is 1. The maximum atomic E-state index is 4.56. The quantitative estimate of drug-likeness (QED) is 0.373. The molecule has 1 aromatic heterocycles. The van der Waals surface area contributed by atoms with E-state index < -0.39 is 0 Å². The van der Waals surface area contributed by atoms with E-state index in [4.69, 9.17) is 0 Å². The summed E-state index contributed by atoms with van der Waals surface area (Å²) in [7, 11) is 1.89. The first kappa shape index (κ1) is 22.8. The summed E-state index contributed by atoms with van der Waals surface area (Å²) in [6, 6.07) is 17.5.